The van der Waals surface area contributed by atoms with Crippen molar-refractivity contribution in [3.8, 4) is 0 Å². The summed E-state index contributed by atoms with van der Waals surface area (Å²) in [6.45, 7) is -1.62. The lowest BCUT2D eigenvalue weighted by molar-refractivity contribution is -0.160. The van der Waals surface area contributed by atoms with Gasteiger partial charge < -0.3 is 26.0 Å². The van der Waals surface area contributed by atoms with Crippen LogP contribution >= 0.6 is 11.6 Å². The van der Waals surface area contributed by atoms with Crippen LogP contribution in [0.15, 0.2) is 30.6 Å². The highest BCUT2D eigenvalue weighted by molar-refractivity contribution is 6.29. The van der Waals surface area contributed by atoms with Crippen LogP contribution in [-0.4, -0.2) is 62.5 Å². The van der Waals surface area contributed by atoms with Crippen LogP contribution in [0.3, 0.4) is 0 Å². The average Bonchev–Trinajstić information content (AvgIpc) is 3.58. The first-order chi connectivity index (χ1) is 18.6. The van der Waals surface area contributed by atoms with Gasteiger partial charge in [-0.25, -0.2) is 19.3 Å². The normalized spacial score (nSPS) is 19.4. The van der Waals surface area contributed by atoms with Crippen LogP contribution in [-0.2, 0) is 4.74 Å². The minimum atomic E-state index is -4.57. The third kappa shape index (κ3) is 7.19. The Bertz CT molecular complexity index is 1360. The Balaban J connectivity index is 1.26. The molecule has 3 heterocycles. The number of nitrogens with zero attached hydrogens (tertiary/aromatic N) is 4. The number of amides is 2. The fourth-order valence-corrected chi connectivity index (χ4v) is 4.54. The molecule has 2 aliphatic rings. The zero-order chi connectivity index (χ0) is 27.6. The van der Waals surface area contributed by atoms with Crippen molar-refractivity contribution >= 4 is 46.4 Å². The number of pyridine rings is 1. The second kappa shape index (κ2) is 11.1. The van der Waals surface area contributed by atoms with Crippen molar-refractivity contribution in [1.29, 1.82) is 0 Å². The van der Waals surface area contributed by atoms with E-state index in [4.69, 9.17) is 11.6 Å². The van der Waals surface area contributed by atoms with Gasteiger partial charge in [0, 0.05) is 36.1 Å². The summed E-state index contributed by atoms with van der Waals surface area (Å²) in [4.78, 5) is 33.0. The lowest BCUT2D eigenvalue weighted by Crippen LogP contribution is -2.41. The monoisotopic (exact) mass is 566 g/mol. The predicted octanol–water partition coefficient (Wildman–Crippen LogP) is 4.62. The number of alkyl halides is 3. The van der Waals surface area contributed by atoms with E-state index in [-0.39, 0.29) is 22.9 Å². The molecule has 4 N–H and O–H groups in total. The zero-order valence-corrected chi connectivity index (χ0v) is 21.3. The molecule has 0 radical (unpaired) electrons. The molecule has 0 aromatic carbocycles. The Hall–Kier alpha value is -3.81. The fourth-order valence-electron chi connectivity index (χ4n) is 4.37. The van der Waals surface area contributed by atoms with Gasteiger partial charge >= 0.3 is 12.3 Å². The van der Waals surface area contributed by atoms with E-state index in [2.05, 4.69) is 41.1 Å². The molecule has 0 unspecified atom stereocenters. The molecule has 0 spiro atoms. The molecule has 5 rings (SSSR count). The summed E-state index contributed by atoms with van der Waals surface area (Å²) < 4.78 is 42.5. The quantitative estimate of drug-likeness (QED) is 0.290. The van der Waals surface area contributed by atoms with Crippen LogP contribution in [0.25, 0.3) is 5.65 Å². The summed E-state index contributed by atoms with van der Waals surface area (Å²) in [5, 5.41) is 17.0. The molecule has 0 bridgehead atoms. The first-order valence-corrected chi connectivity index (χ1v) is 12.9. The van der Waals surface area contributed by atoms with E-state index in [1.807, 2.05) is 6.07 Å². The molecule has 3 aromatic heterocycles. The molecule has 2 aliphatic carbocycles. The number of hydrogen-bond acceptors (Lipinski definition) is 8. The summed E-state index contributed by atoms with van der Waals surface area (Å²) in [6.07, 6.45) is 1.78. The van der Waals surface area contributed by atoms with Gasteiger partial charge in [-0.2, -0.15) is 13.2 Å². The van der Waals surface area contributed by atoms with E-state index in [0.717, 1.165) is 18.5 Å². The molecule has 0 aliphatic heterocycles. The first kappa shape index (κ1) is 26.8. The summed E-state index contributed by atoms with van der Waals surface area (Å²) in [5.74, 6) is 0.112. The number of ether oxygens (including phenoxy) is 1. The maximum atomic E-state index is 13.0. The predicted molar refractivity (Wildman–Crippen MR) is 137 cm³/mol. The Kier molecular flexibility index (Phi) is 7.64. The molecular formula is C24H26ClF3N8O3. The zero-order valence-electron chi connectivity index (χ0n) is 20.6. The van der Waals surface area contributed by atoms with Crippen molar-refractivity contribution in [3.05, 3.63) is 41.4 Å². The Morgan fingerprint density at radius 3 is 2.41 bits per heavy atom. The van der Waals surface area contributed by atoms with Crippen molar-refractivity contribution < 1.29 is 27.5 Å². The van der Waals surface area contributed by atoms with Crippen molar-refractivity contribution in [2.45, 2.75) is 62.8 Å². The maximum Gasteiger partial charge on any atom is 0.422 e. The van der Waals surface area contributed by atoms with E-state index < -0.39 is 24.8 Å². The molecular weight excluding hydrogens is 541 g/mol. The molecule has 2 fully saturated rings. The van der Waals surface area contributed by atoms with Crippen molar-refractivity contribution in [2.24, 2.45) is 0 Å². The highest BCUT2D eigenvalue weighted by Crippen LogP contribution is 2.30. The average molecular weight is 567 g/mol. The van der Waals surface area contributed by atoms with Gasteiger partial charge in [-0.15, -0.1) is 5.10 Å². The third-order valence-corrected chi connectivity index (χ3v) is 6.60. The van der Waals surface area contributed by atoms with Gasteiger partial charge in [-0.3, -0.25) is 4.79 Å². The van der Waals surface area contributed by atoms with Crippen molar-refractivity contribution in [1.82, 2.24) is 24.9 Å². The van der Waals surface area contributed by atoms with Crippen LogP contribution in [0.1, 0.15) is 49.0 Å². The van der Waals surface area contributed by atoms with Crippen LogP contribution in [0.4, 0.5) is 35.2 Å². The minimum Gasteiger partial charge on any atom is -0.440 e. The molecule has 3 aromatic rings. The second-order valence-electron chi connectivity index (χ2n) is 9.59. The molecule has 0 atom stereocenters. The first-order valence-electron chi connectivity index (χ1n) is 12.5. The largest absolute Gasteiger partial charge is 0.440 e. The van der Waals surface area contributed by atoms with Gasteiger partial charge in [0.15, 0.2) is 17.9 Å². The SMILES string of the molecule is O=C(N[C@H]1CC[C@H](Nc2cc(NC3CC3)c3ncc(C(=O)Nc4ccnc(Cl)c4)n3n2)CC1)OCC(F)(F)F. The van der Waals surface area contributed by atoms with Gasteiger partial charge in [0.1, 0.15) is 11.0 Å². The molecule has 15 heteroatoms. The molecule has 39 heavy (non-hydrogen) atoms. The fraction of sp³-hybridized carbons (Fsp3) is 0.458. The number of imidazole rings is 1. The number of hydrogen-bond donors (Lipinski definition) is 4. The van der Waals surface area contributed by atoms with E-state index >= 15 is 0 Å². The van der Waals surface area contributed by atoms with Gasteiger partial charge in [-0.05, 0) is 50.7 Å². The number of rotatable bonds is 8. The number of nitrogens with one attached hydrogen (secondary N) is 4. The molecule has 2 saturated carbocycles. The number of anilines is 3. The van der Waals surface area contributed by atoms with Crippen LogP contribution in [0.2, 0.25) is 5.15 Å². The highest BCUT2D eigenvalue weighted by Gasteiger charge is 2.31. The molecule has 11 nitrogen and oxygen atoms in total. The Morgan fingerprint density at radius 1 is 1.03 bits per heavy atom. The standard InChI is InChI=1S/C24H26ClF3N8O3/c25-19-9-16(7-8-29-19)33-22(37)18-11-30-21-17(31-13-1-2-13)10-20(35-36(18)21)32-14-3-5-15(6-4-14)34-23(38)39-12-24(26,27)28/h7-11,13-15,31H,1-6,12H2,(H,32,35)(H,34,38)(H,29,33,37)/t14-,15-. The number of carbonyl (C=O) groups is 2. The lowest BCUT2D eigenvalue weighted by Gasteiger charge is -2.29. The van der Waals surface area contributed by atoms with Crippen LogP contribution < -0.4 is 21.3 Å². The van der Waals surface area contributed by atoms with E-state index in [0.29, 0.717) is 48.9 Å². The topological polar surface area (TPSA) is 135 Å². The Labute approximate surface area is 225 Å². The lowest BCUT2D eigenvalue weighted by atomic mass is 9.91. The van der Waals surface area contributed by atoms with Gasteiger partial charge in [0.25, 0.3) is 5.91 Å². The third-order valence-electron chi connectivity index (χ3n) is 6.39. The summed E-state index contributed by atoms with van der Waals surface area (Å²) in [5.41, 5.74) is 1.96. The van der Waals surface area contributed by atoms with Gasteiger partial charge in [0.2, 0.25) is 0 Å². The van der Waals surface area contributed by atoms with Crippen molar-refractivity contribution in [2.75, 3.05) is 22.6 Å². The molecule has 2 amide bonds. The van der Waals surface area contributed by atoms with Gasteiger partial charge in [-0.1, -0.05) is 11.6 Å². The van der Waals surface area contributed by atoms with E-state index in [1.54, 1.807) is 6.07 Å². The van der Waals surface area contributed by atoms with Crippen LogP contribution in [0.5, 0.6) is 0 Å². The number of halogens is 4. The second-order valence-corrected chi connectivity index (χ2v) is 9.98. The molecule has 208 valence electrons. The molecule has 0 saturated heterocycles. The summed E-state index contributed by atoms with van der Waals surface area (Å²) in [6, 6.07) is 5.06. The summed E-state index contributed by atoms with van der Waals surface area (Å²) >= 11 is 5.92. The number of alkyl carbamates (subject to hydrolysis) is 1. The van der Waals surface area contributed by atoms with Crippen LogP contribution in [0, 0.1) is 0 Å². The number of carbonyl (C=O) groups excluding carboxylic acids is 2. The Morgan fingerprint density at radius 2 is 1.72 bits per heavy atom. The maximum absolute atomic E-state index is 13.0. The van der Waals surface area contributed by atoms with Crippen molar-refractivity contribution in [3.63, 3.8) is 0 Å². The van der Waals surface area contributed by atoms with Gasteiger partial charge in [0.05, 0.1) is 11.9 Å². The smallest absolute Gasteiger partial charge is 0.422 e. The number of fused-ring (bicyclic) bond motifs is 1. The summed E-state index contributed by atoms with van der Waals surface area (Å²) in [7, 11) is 0. The van der Waals surface area contributed by atoms with E-state index in [9.17, 15) is 22.8 Å². The minimum absolute atomic E-state index is 0.00716. The highest BCUT2D eigenvalue weighted by atomic mass is 35.5. The van der Waals surface area contributed by atoms with E-state index in [1.165, 1.54) is 23.0 Å². The number of aromatic nitrogens is 4.